The van der Waals surface area contributed by atoms with Gasteiger partial charge in [0.1, 0.15) is 5.75 Å². The highest BCUT2D eigenvalue weighted by Crippen LogP contribution is 2.25. The molecular weight excluding hydrogens is 308 g/mol. The largest absolute Gasteiger partial charge is 0.497 e. The van der Waals surface area contributed by atoms with Crippen molar-refractivity contribution in [3.8, 4) is 5.75 Å². The van der Waals surface area contributed by atoms with Crippen molar-refractivity contribution in [2.75, 3.05) is 23.5 Å². The molecule has 6 nitrogen and oxygen atoms in total. The summed E-state index contributed by atoms with van der Waals surface area (Å²) in [5, 5.41) is 13.7. The number of amides is 2. The number of anilines is 2. The van der Waals surface area contributed by atoms with Gasteiger partial charge < -0.3 is 10.1 Å². The van der Waals surface area contributed by atoms with Crippen molar-refractivity contribution in [2.24, 2.45) is 0 Å². The Bertz CT molecular complexity index is 613. The Morgan fingerprint density at radius 1 is 1.38 bits per heavy atom. The molecule has 0 aliphatic rings. The smallest absolute Gasteiger partial charge is 0.325 e. The highest BCUT2D eigenvalue weighted by atomic mass is 32.2. The molecule has 0 aliphatic heterocycles. The molecule has 110 valence electrons. The molecule has 0 spiro atoms. The summed E-state index contributed by atoms with van der Waals surface area (Å²) in [6.45, 7) is 3.64. The van der Waals surface area contributed by atoms with E-state index in [-0.39, 0.29) is 6.03 Å². The summed E-state index contributed by atoms with van der Waals surface area (Å²) < 4.78 is 5.84. The highest BCUT2D eigenvalue weighted by Gasteiger charge is 2.08. The number of carbonyl (C=O) groups excluding carboxylic acids is 1. The summed E-state index contributed by atoms with van der Waals surface area (Å²) in [7, 11) is 1.59. The number of urea groups is 1. The number of rotatable bonds is 6. The number of nitrogens with zero attached hydrogens (tertiary/aromatic N) is 2. The van der Waals surface area contributed by atoms with E-state index in [0.717, 1.165) is 15.8 Å². The average Bonchev–Trinajstić information content (AvgIpc) is 2.93. The lowest BCUT2D eigenvalue weighted by atomic mass is 10.3. The molecule has 0 atom stereocenters. The van der Waals surface area contributed by atoms with E-state index in [1.54, 1.807) is 37.5 Å². The predicted molar refractivity (Wildman–Crippen MR) is 86.5 cm³/mol. The maximum atomic E-state index is 11.8. The van der Waals surface area contributed by atoms with Crippen LogP contribution in [-0.2, 0) is 0 Å². The maximum Gasteiger partial charge on any atom is 0.325 e. The molecule has 0 fully saturated rings. The third kappa shape index (κ3) is 4.76. The van der Waals surface area contributed by atoms with E-state index in [9.17, 15) is 4.79 Å². The van der Waals surface area contributed by atoms with E-state index in [2.05, 4.69) is 27.4 Å². The van der Waals surface area contributed by atoms with Gasteiger partial charge in [0.2, 0.25) is 5.13 Å². The summed E-state index contributed by atoms with van der Waals surface area (Å²) in [4.78, 5) is 11.8. The predicted octanol–water partition coefficient (Wildman–Crippen LogP) is 3.47. The average molecular weight is 322 g/mol. The fraction of sp³-hybridized carbons (Fsp3) is 0.154. The SMILES string of the molecule is C=CCSc1nnc(NC(=O)Nc2ccc(OC)cc2)s1. The molecule has 2 aromatic rings. The van der Waals surface area contributed by atoms with Gasteiger partial charge in [0.05, 0.1) is 7.11 Å². The number of thioether (sulfide) groups is 1. The molecule has 1 aromatic carbocycles. The Labute approximate surface area is 130 Å². The monoisotopic (exact) mass is 322 g/mol. The number of benzene rings is 1. The van der Waals surface area contributed by atoms with Gasteiger partial charge >= 0.3 is 6.03 Å². The molecule has 0 saturated carbocycles. The molecule has 8 heteroatoms. The van der Waals surface area contributed by atoms with Gasteiger partial charge in [0.25, 0.3) is 0 Å². The number of nitrogens with one attached hydrogen (secondary N) is 2. The van der Waals surface area contributed by atoms with Gasteiger partial charge in [-0.3, -0.25) is 5.32 Å². The summed E-state index contributed by atoms with van der Waals surface area (Å²) in [6.07, 6.45) is 1.79. The first kappa shape index (κ1) is 15.3. The van der Waals surface area contributed by atoms with Crippen molar-refractivity contribution in [3.05, 3.63) is 36.9 Å². The second-order valence-corrected chi connectivity index (χ2v) is 6.03. The second-order valence-electron chi connectivity index (χ2n) is 3.78. The Morgan fingerprint density at radius 3 is 2.81 bits per heavy atom. The normalized spacial score (nSPS) is 9.95. The van der Waals surface area contributed by atoms with E-state index >= 15 is 0 Å². The zero-order chi connectivity index (χ0) is 15.1. The Hall–Kier alpha value is -2.06. The van der Waals surface area contributed by atoms with E-state index in [4.69, 9.17) is 4.74 Å². The van der Waals surface area contributed by atoms with Crippen LogP contribution in [-0.4, -0.2) is 29.1 Å². The maximum absolute atomic E-state index is 11.8. The quantitative estimate of drug-likeness (QED) is 0.484. The lowest BCUT2D eigenvalue weighted by molar-refractivity contribution is 0.262. The molecule has 0 saturated heterocycles. The van der Waals surface area contributed by atoms with Crippen LogP contribution in [0.2, 0.25) is 0 Å². The van der Waals surface area contributed by atoms with Crippen molar-refractivity contribution < 1.29 is 9.53 Å². The number of carbonyl (C=O) groups is 1. The van der Waals surface area contributed by atoms with E-state index < -0.39 is 0 Å². The van der Waals surface area contributed by atoms with Crippen molar-refractivity contribution in [3.63, 3.8) is 0 Å². The van der Waals surface area contributed by atoms with Crippen LogP contribution in [0.3, 0.4) is 0 Å². The standard InChI is InChI=1S/C13H14N4O2S2/c1-3-8-20-13-17-16-12(21-13)15-11(18)14-9-4-6-10(19-2)7-5-9/h3-7H,1,8H2,2H3,(H2,14,15,16,18). The van der Waals surface area contributed by atoms with Gasteiger partial charge in [0.15, 0.2) is 4.34 Å². The summed E-state index contributed by atoms with van der Waals surface area (Å²) in [5.41, 5.74) is 0.666. The third-order valence-electron chi connectivity index (χ3n) is 2.30. The third-order valence-corrected chi connectivity index (χ3v) is 4.27. The molecule has 2 N–H and O–H groups in total. The van der Waals surface area contributed by atoms with Crippen molar-refractivity contribution in [1.29, 1.82) is 0 Å². The van der Waals surface area contributed by atoms with Gasteiger partial charge in [-0.1, -0.05) is 29.2 Å². The molecule has 21 heavy (non-hydrogen) atoms. The number of hydrogen-bond acceptors (Lipinski definition) is 6. The first-order valence-electron chi connectivity index (χ1n) is 6.00. The van der Waals surface area contributed by atoms with Crippen LogP contribution in [0.5, 0.6) is 5.75 Å². The van der Waals surface area contributed by atoms with Crippen molar-refractivity contribution >= 4 is 39.9 Å². The van der Waals surface area contributed by atoms with Gasteiger partial charge in [-0.05, 0) is 24.3 Å². The minimum Gasteiger partial charge on any atom is -0.497 e. The number of methoxy groups -OCH3 is 1. The van der Waals surface area contributed by atoms with Crippen molar-refractivity contribution in [2.45, 2.75) is 4.34 Å². The van der Waals surface area contributed by atoms with E-state index in [0.29, 0.717) is 10.8 Å². The highest BCUT2D eigenvalue weighted by molar-refractivity contribution is 8.01. The minimum atomic E-state index is -0.364. The van der Waals surface area contributed by atoms with Crippen LogP contribution in [0, 0.1) is 0 Å². The Kier molecular flexibility index (Phi) is 5.59. The van der Waals surface area contributed by atoms with Crippen LogP contribution < -0.4 is 15.4 Å². The van der Waals surface area contributed by atoms with E-state index in [1.165, 1.54) is 23.1 Å². The summed E-state index contributed by atoms with van der Waals surface area (Å²) in [5.74, 6) is 1.49. The fourth-order valence-electron chi connectivity index (χ4n) is 1.38. The zero-order valence-electron chi connectivity index (χ0n) is 11.3. The van der Waals surface area contributed by atoms with Gasteiger partial charge in [0, 0.05) is 11.4 Å². The molecule has 1 aromatic heterocycles. The van der Waals surface area contributed by atoms with Crippen LogP contribution in [0.1, 0.15) is 0 Å². The molecule has 2 amide bonds. The van der Waals surface area contributed by atoms with Crippen LogP contribution in [0.4, 0.5) is 15.6 Å². The zero-order valence-corrected chi connectivity index (χ0v) is 13.0. The molecule has 0 bridgehead atoms. The minimum absolute atomic E-state index is 0.364. The van der Waals surface area contributed by atoms with Gasteiger partial charge in [-0.2, -0.15) is 0 Å². The lowest BCUT2D eigenvalue weighted by Crippen LogP contribution is -2.19. The van der Waals surface area contributed by atoms with Crippen LogP contribution in [0.15, 0.2) is 41.3 Å². The van der Waals surface area contributed by atoms with Gasteiger partial charge in [-0.25, -0.2) is 4.79 Å². The molecule has 2 rings (SSSR count). The first-order valence-corrected chi connectivity index (χ1v) is 7.80. The van der Waals surface area contributed by atoms with Crippen LogP contribution >= 0.6 is 23.1 Å². The summed E-state index contributed by atoms with van der Waals surface area (Å²) >= 11 is 2.84. The molecule has 0 aliphatic carbocycles. The Balaban J connectivity index is 1.88. The van der Waals surface area contributed by atoms with E-state index in [1.807, 2.05) is 0 Å². The number of ether oxygens (including phenoxy) is 1. The second kappa shape index (κ2) is 7.65. The van der Waals surface area contributed by atoms with Crippen LogP contribution in [0.25, 0.3) is 0 Å². The van der Waals surface area contributed by atoms with Crippen molar-refractivity contribution in [1.82, 2.24) is 10.2 Å². The molecular formula is C13H14N4O2S2. The number of hydrogen-bond donors (Lipinski definition) is 2. The summed E-state index contributed by atoms with van der Waals surface area (Å²) in [6, 6.07) is 6.68. The number of aromatic nitrogens is 2. The first-order chi connectivity index (χ1) is 10.2. The molecule has 0 unspecified atom stereocenters. The fourth-order valence-corrected chi connectivity index (χ4v) is 2.89. The molecule has 1 heterocycles. The van der Waals surface area contributed by atoms with Gasteiger partial charge in [-0.15, -0.1) is 16.8 Å². The lowest BCUT2D eigenvalue weighted by Gasteiger charge is -2.05. The Morgan fingerprint density at radius 2 is 2.14 bits per heavy atom. The molecule has 0 radical (unpaired) electrons. The topological polar surface area (TPSA) is 76.1 Å².